The molecule has 0 bridgehead atoms. The first-order valence-corrected chi connectivity index (χ1v) is 7.57. The number of hydrogen-bond acceptors (Lipinski definition) is 4. The molecule has 126 valence electrons. The van der Waals surface area contributed by atoms with Crippen LogP contribution in [-0.2, 0) is 29.1 Å². The topological polar surface area (TPSA) is 102 Å². The fraction of sp³-hybridized carbons (Fsp3) is 0.222. The van der Waals surface area contributed by atoms with Crippen LogP contribution in [0, 0.1) is 0 Å². The predicted molar refractivity (Wildman–Crippen MR) is 89.2 cm³/mol. The Morgan fingerprint density at radius 2 is 1.67 bits per heavy atom. The largest absolute Gasteiger partial charge is 0.480 e. The molecule has 0 spiro atoms. The molecule has 0 unspecified atom stereocenters. The van der Waals surface area contributed by atoms with E-state index >= 15 is 0 Å². The van der Waals surface area contributed by atoms with E-state index < -0.39 is 18.1 Å². The van der Waals surface area contributed by atoms with E-state index in [2.05, 4.69) is 5.32 Å². The Bertz CT molecular complexity index is 688. The van der Waals surface area contributed by atoms with Crippen molar-refractivity contribution in [2.24, 2.45) is 5.73 Å². The zero-order chi connectivity index (χ0) is 17.4. The predicted octanol–water partition coefficient (Wildman–Crippen LogP) is 2.07. The number of rotatable bonds is 7. The lowest BCUT2D eigenvalue weighted by Crippen LogP contribution is -2.42. The lowest BCUT2D eigenvalue weighted by atomic mass is 10.0. The highest BCUT2D eigenvalue weighted by atomic mass is 16.5. The Balaban J connectivity index is 1.95. The van der Waals surface area contributed by atoms with Gasteiger partial charge < -0.3 is 20.9 Å². The quantitative estimate of drug-likeness (QED) is 0.722. The molecule has 0 aliphatic heterocycles. The van der Waals surface area contributed by atoms with Crippen LogP contribution in [0.5, 0.6) is 0 Å². The first-order valence-electron chi connectivity index (χ1n) is 7.57. The second-order valence-electron chi connectivity index (χ2n) is 5.27. The van der Waals surface area contributed by atoms with E-state index in [0.29, 0.717) is 6.54 Å². The zero-order valence-corrected chi connectivity index (χ0v) is 13.1. The van der Waals surface area contributed by atoms with Gasteiger partial charge in [0.2, 0.25) is 0 Å². The molecule has 6 heteroatoms. The maximum Gasteiger partial charge on any atom is 0.408 e. The first-order chi connectivity index (χ1) is 11.6. The molecule has 0 aliphatic carbocycles. The molecule has 0 radical (unpaired) electrons. The number of carbonyl (C=O) groups excluding carboxylic acids is 1. The molecular weight excluding hydrogens is 308 g/mol. The minimum absolute atomic E-state index is 0.0817. The average molecular weight is 328 g/mol. The highest BCUT2D eigenvalue weighted by molar-refractivity contribution is 5.80. The number of benzene rings is 2. The molecule has 0 saturated carbocycles. The van der Waals surface area contributed by atoms with Crippen LogP contribution in [0.25, 0.3) is 0 Å². The van der Waals surface area contributed by atoms with E-state index in [-0.39, 0.29) is 13.0 Å². The van der Waals surface area contributed by atoms with E-state index in [1.165, 1.54) is 0 Å². The van der Waals surface area contributed by atoms with Gasteiger partial charge in [-0.05, 0) is 16.7 Å². The van der Waals surface area contributed by atoms with Crippen LogP contribution in [-0.4, -0.2) is 23.2 Å². The van der Waals surface area contributed by atoms with Gasteiger partial charge in [-0.1, -0.05) is 54.6 Å². The van der Waals surface area contributed by atoms with E-state index in [9.17, 15) is 14.7 Å². The van der Waals surface area contributed by atoms with E-state index in [0.717, 1.165) is 16.7 Å². The minimum atomic E-state index is -1.13. The first kappa shape index (κ1) is 17.5. The maximum absolute atomic E-state index is 11.9. The van der Waals surface area contributed by atoms with Gasteiger partial charge in [0.25, 0.3) is 0 Å². The number of carboxylic acids is 1. The van der Waals surface area contributed by atoms with Gasteiger partial charge in [-0.15, -0.1) is 0 Å². The van der Waals surface area contributed by atoms with E-state index in [1.54, 1.807) is 12.1 Å². The summed E-state index contributed by atoms with van der Waals surface area (Å²) >= 11 is 0. The Hall–Kier alpha value is -2.86. The van der Waals surface area contributed by atoms with Gasteiger partial charge in [0, 0.05) is 13.0 Å². The van der Waals surface area contributed by atoms with Gasteiger partial charge in [0.1, 0.15) is 12.6 Å². The van der Waals surface area contributed by atoms with Gasteiger partial charge >= 0.3 is 12.1 Å². The number of carbonyl (C=O) groups is 2. The summed E-state index contributed by atoms with van der Waals surface area (Å²) in [6.07, 6.45) is -0.625. The molecule has 0 fully saturated rings. The van der Waals surface area contributed by atoms with Crippen LogP contribution < -0.4 is 11.1 Å². The summed E-state index contributed by atoms with van der Waals surface area (Å²) in [7, 11) is 0. The number of carboxylic acid groups (broad SMARTS) is 1. The average Bonchev–Trinajstić information content (AvgIpc) is 2.60. The number of nitrogens with one attached hydrogen (secondary N) is 1. The Morgan fingerprint density at radius 1 is 1.04 bits per heavy atom. The monoisotopic (exact) mass is 328 g/mol. The van der Waals surface area contributed by atoms with Crippen LogP contribution in [0.1, 0.15) is 16.7 Å². The third-order valence-corrected chi connectivity index (χ3v) is 3.57. The maximum atomic E-state index is 11.9. The van der Waals surface area contributed by atoms with Gasteiger partial charge in [0.05, 0.1) is 0 Å². The standard InChI is InChI=1S/C18H20N2O4/c19-11-15-9-5-4-8-14(15)10-16(17(21)22)20-18(23)24-12-13-6-2-1-3-7-13/h1-9,16H,10-12,19H2,(H,20,23)(H,21,22)/t16-/m0/s1. The molecule has 6 nitrogen and oxygen atoms in total. The molecule has 1 amide bonds. The lowest BCUT2D eigenvalue weighted by Gasteiger charge is -2.16. The zero-order valence-electron chi connectivity index (χ0n) is 13.1. The summed E-state index contributed by atoms with van der Waals surface area (Å²) in [5.74, 6) is -1.13. The molecule has 0 heterocycles. The smallest absolute Gasteiger partial charge is 0.408 e. The SMILES string of the molecule is NCc1ccccc1C[C@H](NC(=O)OCc1ccccc1)C(=O)O. The van der Waals surface area contributed by atoms with Crippen molar-refractivity contribution in [1.29, 1.82) is 0 Å². The fourth-order valence-electron chi connectivity index (χ4n) is 2.28. The van der Waals surface area contributed by atoms with Gasteiger partial charge in [-0.3, -0.25) is 0 Å². The lowest BCUT2D eigenvalue weighted by molar-refractivity contribution is -0.139. The molecule has 2 aromatic carbocycles. The summed E-state index contributed by atoms with van der Waals surface area (Å²) in [6, 6.07) is 15.4. The number of aliphatic carboxylic acids is 1. The molecule has 24 heavy (non-hydrogen) atoms. The number of amides is 1. The number of ether oxygens (including phenoxy) is 1. The summed E-state index contributed by atoms with van der Waals surface area (Å²) in [4.78, 5) is 23.3. The molecule has 0 aromatic heterocycles. The van der Waals surface area contributed by atoms with Crippen molar-refractivity contribution in [2.75, 3.05) is 0 Å². The van der Waals surface area contributed by atoms with Crippen LogP contribution in [0.15, 0.2) is 54.6 Å². The van der Waals surface area contributed by atoms with Crippen molar-refractivity contribution in [3.8, 4) is 0 Å². The summed E-state index contributed by atoms with van der Waals surface area (Å²) < 4.78 is 5.06. The van der Waals surface area contributed by atoms with Crippen molar-refractivity contribution in [1.82, 2.24) is 5.32 Å². The number of nitrogens with two attached hydrogens (primary N) is 1. The van der Waals surface area contributed by atoms with Gasteiger partial charge in [0.15, 0.2) is 0 Å². The molecule has 1 atom stereocenters. The third-order valence-electron chi connectivity index (χ3n) is 3.57. The van der Waals surface area contributed by atoms with Crippen LogP contribution in [0.4, 0.5) is 4.79 Å². The normalized spacial score (nSPS) is 11.5. The molecular formula is C18H20N2O4. The third kappa shape index (κ3) is 5.10. The molecule has 0 saturated heterocycles. The van der Waals surface area contributed by atoms with E-state index in [4.69, 9.17) is 10.5 Å². The second kappa shape index (κ2) is 8.69. The van der Waals surface area contributed by atoms with Crippen molar-refractivity contribution in [3.05, 3.63) is 71.3 Å². The van der Waals surface area contributed by atoms with Crippen molar-refractivity contribution >= 4 is 12.1 Å². The molecule has 0 aliphatic rings. The van der Waals surface area contributed by atoms with Crippen LogP contribution in [0.3, 0.4) is 0 Å². The number of hydrogen-bond donors (Lipinski definition) is 3. The molecule has 2 aromatic rings. The minimum Gasteiger partial charge on any atom is -0.480 e. The summed E-state index contributed by atoms with van der Waals surface area (Å²) in [5, 5.41) is 11.7. The summed E-state index contributed by atoms with van der Waals surface area (Å²) in [5.41, 5.74) is 8.12. The molecule has 4 N–H and O–H groups in total. The van der Waals surface area contributed by atoms with E-state index in [1.807, 2.05) is 42.5 Å². The summed E-state index contributed by atoms with van der Waals surface area (Å²) in [6.45, 7) is 0.388. The van der Waals surface area contributed by atoms with Crippen molar-refractivity contribution < 1.29 is 19.4 Å². The van der Waals surface area contributed by atoms with Gasteiger partial charge in [-0.2, -0.15) is 0 Å². The van der Waals surface area contributed by atoms with Gasteiger partial charge in [-0.25, -0.2) is 9.59 Å². The Labute approximate surface area is 140 Å². The Kier molecular flexibility index (Phi) is 6.33. The van der Waals surface area contributed by atoms with Crippen molar-refractivity contribution in [3.63, 3.8) is 0 Å². The Morgan fingerprint density at radius 3 is 2.29 bits per heavy atom. The van der Waals surface area contributed by atoms with Crippen molar-refractivity contribution in [2.45, 2.75) is 25.6 Å². The second-order valence-corrected chi connectivity index (χ2v) is 5.27. The highest BCUT2D eigenvalue weighted by Crippen LogP contribution is 2.11. The fourth-order valence-corrected chi connectivity index (χ4v) is 2.28. The number of alkyl carbamates (subject to hydrolysis) is 1. The van der Waals surface area contributed by atoms with Crippen LogP contribution in [0.2, 0.25) is 0 Å². The molecule has 2 rings (SSSR count). The van der Waals surface area contributed by atoms with Crippen LogP contribution >= 0.6 is 0 Å². The highest BCUT2D eigenvalue weighted by Gasteiger charge is 2.22.